The Labute approximate surface area is 182 Å². The molecule has 1 fully saturated rings. The molecule has 9 heteroatoms. The van der Waals surface area contributed by atoms with E-state index in [1.807, 2.05) is 36.4 Å². The van der Waals surface area contributed by atoms with E-state index >= 15 is 0 Å². The topological polar surface area (TPSA) is 84.2 Å². The van der Waals surface area contributed by atoms with E-state index in [0.717, 1.165) is 10.4 Å². The van der Waals surface area contributed by atoms with E-state index in [-0.39, 0.29) is 18.0 Å². The first-order valence-corrected chi connectivity index (χ1v) is 10.8. The number of amides is 1. The monoisotopic (exact) mass is 432 g/mol. The van der Waals surface area contributed by atoms with Crippen LogP contribution < -0.4 is 10.5 Å². The summed E-state index contributed by atoms with van der Waals surface area (Å²) >= 11 is 1.48. The van der Waals surface area contributed by atoms with Crippen LogP contribution in [0.3, 0.4) is 0 Å². The first-order valence-electron chi connectivity index (χ1n) is 10.0. The lowest BCUT2D eigenvalue weighted by molar-refractivity contribution is -0.132. The molecule has 1 amide bonds. The number of rotatable bonds is 4. The lowest BCUT2D eigenvalue weighted by Gasteiger charge is -2.34. The fourth-order valence-electron chi connectivity index (χ4n) is 3.67. The molecule has 1 aliphatic rings. The van der Waals surface area contributed by atoms with Crippen molar-refractivity contribution in [3.05, 3.63) is 71.5 Å². The number of piperazine rings is 1. The number of benzene rings is 1. The molecular weight excluding hydrogens is 412 g/mol. The number of hydrogen-bond acceptors (Lipinski definition) is 7. The van der Waals surface area contributed by atoms with Gasteiger partial charge in [0.25, 0.3) is 5.56 Å². The van der Waals surface area contributed by atoms with Gasteiger partial charge in [-0.1, -0.05) is 30.3 Å². The molecule has 3 aromatic heterocycles. The van der Waals surface area contributed by atoms with Crippen molar-refractivity contribution in [1.29, 1.82) is 0 Å². The molecule has 4 aromatic rings. The third kappa shape index (κ3) is 3.91. The van der Waals surface area contributed by atoms with Crippen LogP contribution in [0.15, 0.2) is 66.0 Å². The van der Waals surface area contributed by atoms with Gasteiger partial charge in [-0.3, -0.25) is 14.2 Å². The summed E-state index contributed by atoms with van der Waals surface area (Å²) in [4.78, 5) is 44.2. The summed E-state index contributed by atoms with van der Waals surface area (Å²) in [6.07, 6.45) is 4.90. The summed E-state index contributed by atoms with van der Waals surface area (Å²) in [6, 6.07) is 13.5. The van der Waals surface area contributed by atoms with E-state index in [9.17, 15) is 9.59 Å². The highest BCUT2D eigenvalue weighted by Gasteiger charge is 2.23. The van der Waals surface area contributed by atoms with Crippen molar-refractivity contribution in [2.45, 2.75) is 6.54 Å². The fraction of sp³-hybridized carbons (Fsp3) is 0.227. The average Bonchev–Trinajstić information content (AvgIpc) is 3.27. The molecule has 0 atom stereocenters. The zero-order valence-corrected chi connectivity index (χ0v) is 17.5. The second-order valence-electron chi connectivity index (χ2n) is 7.29. The normalized spacial score (nSPS) is 14.2. The summed E-state index contributed by atoms with van der Waals surface area (Å²) in [5.41, 5.74) is 0.862. The minimum absolute atomic E-state index is 0.0138. The van der Waals surface area contributed by atoms with Crippen LogP contribution in [0.2, 0.25) is 0 Å². The number of anilines is 1. The number of carbonyl (C=O) groups is 1. The summed E-state index contributed by atoms with van der Waals surface area (Å²) in [5, 5.41) is 0.546. The van der Waals surface area contributed by atoms with Crippen LogP contribution in [0.1, 0.15) is 0 Å². The van der Waals surface area contributed by atoms with Crippen LogP contribution in [-0.4, -0.2) is 56.5 Å². The van der Waals surface area contributed by atoms with Crippen LogP contribution in [-0.2, 0) is 11.3 Å². The second-order valence-corrected chi connectivity index (χ2v) is 8.32. The van der Waals surface area contributed by atoms with Gasteiger partial charge in [-0.25, -0.2) is 15.0 Å². The zero-order valence-electron chi connectivity index (χ0n) is 16.7. The van der Waals surface area contributed by atoms with E-state index in [4.69, 9.17) is 0 Å². The van der Waals surface area contributed by atoms with Crippen LogP contribution >= 0.6 is 11.3 Å². The molecule has 0 bridgehead atoms. The van der Waals surface area contributed by atoms with E-state index in [1.54, 1.807) is 23.4 Å². The molecule has 8 nitrogen and oxygen atoms in total. The maximum absolute atomic E-state index is 13.0. The maximum Gasteiger partial charge on any atom is 0.262 e. The number of carbonyl (C=O) groups excluding carboxylic acids is 1. The van der Waals surface area contributed by atoms with Gasteiger partial charge in [0.1, 0.15) is 11.4 Å². The van der Waals surface area contributed by atoms with Crippen molar-refractivity contribution in [2.24, 2.45) is 0 Å². The van der Waals surface area contributed by atoms with E-state index in [2.05, 4.69) is 19.9 Å². The zero-order chi connectivity index (χ0) is 21.2. The van der Waals surface area contributed by atoms with Gasteiger partial charge in [0, 0.05) is 43.4 Å². The predicted octanol–water partition coefficient (Wildman–Crippen LogP) is 2.26. The highest BCUT2D eigenvalue weighted by molar-refractivity contribution is 7.21. The molecule has 1 saturated heterocycles. The highest BCUT2D eigenvalue weighted by Crippen LogP contribution is 2.30. The van der Waals surface area contributed by atoms with Gasteiger partial charge >= 0.3 is 0 Å². The number of fused-ring (bicyclic) bond motifs is 1. The molecule has 0 radical (unpaired) electrons. The van der Waals surface area contributed by atoms with Crippen molar-refractivity contribution in [3.63, 3.8) is 0 Å². The third-order valence-corrected chi connectivity index (χ3v) is 6.44. The molecule has 0 aliphatic carbocycles. The molecule has 0 spiro atoms. The Morgan fingerprint density at radius 2 is 1.71 bits per heavy atom. The molecule has 4 heterocycles. The van der Waals surface area contributed by atoms with Gasteiger partial charge in [0.05, 0.1) is 11.7 Å². The van der Waals surface area contributed by atoms with Crippen LogP contribution in [0.25, 0.3) is 20.7 Å². The average molecular weight is 433 g/mol. The molecular formula is C22H20N6O2S. The van der Waals surface area contributed by atoms with Gasteiger partial charge in [-0.05, 0) is 17.7 Å². The Bertz CT molecular complexity index is 1260. The van der Waals surface area contributed by atoms with Crippen molar-refractivity contribution in [1.82, 2.24) is 24.4 Å². The molecule has 1 aliphatic heterocycles. The Morgan fingerprint density at radius 1 is 0.968 bits per heavy atom. The minimum Gasteiger partial charge on any atom is -0.338 e. The first-order chi connectivity index (χ1) is 15.2. The van der Waals surface area contributed by atoms with Gasteiger partial charge in [-0.2, -0.15) is 0 Å². The summed E-state index contributed by atoms with van der Waals surface area (Å²) in [6.45, 7) is 2.44. The number of nitrogens with zero attached hydrogens (tertiary/aromatic N) is 6. The van der Waals surface area contributed by atoms with Gasteiger partial charge in [-0.15, -0.1) is 11.3 Å². The molecule has 31 heavy (non-hydrogen) atoms. The summed E-state index contributed by atoms with van der Waals surface area (Å²) in [7, 11) is 0. The predicted molar refractivity (Wildman–Crippen MR) is 120 cm³/mol. The SMILES string of the molecule is O=C(Cn1cnc2sc(-c3ccccc3)cc2c1=O)N1CCN(c2ncccn2)CC1. The Kier molecular flexibility index (Phi) is 5.17. The van der Waals surface area contributed by atoms with Gasteiger partial charge < -0.3 is 9.80 Å². The Balaban J connectivity index is 1.30. The minimum atomic E-state index is -0.187. The maximum atomic E-state index is 13.0. The fourth-order valence-corrected chi connectivity index (χ4v) is 4.67. The molecule has 156 valence electrons. The second kappa shape index (κ2) is 8.27. The molecule has 0 saturated carbocycles. The Morgan fingerprint density at radius 3 is 2.45 bits per heavy atom. The largest absolute Gasteiger partial charge is 0.338 e. The van der Waals surface area contributed by atoms with Crippen molar-refractivity contribution >= 4 is 33.4 Å². The number of aromatic nitrogens is 4. The lowest BCUT2D eigenvalue weighted by Crippen LogP contribution is -2.50. The van der Waals surface area contributed by atoms with Crippen LogP contribution in [0.4, 0.5) is 5.95 Å². The molecule has 0 unspecified atom stereocenters. The van der Waals surface area contributed by atoms with Crippen LogP contribution in [0, 0.1) is 0 Å². The van der Waals surface area contributed by atoms with Crippen molar-refractivity contribution in [2.75, 3.05) is 31.1 Å². The van der Waals surface area contributed by atoms with E-state index in [1.165, 1.54) is 22.2 Å². The number of hydrogen-bond donors (Lipinski definition) is 0. The molecule has 1 aromatic carbocycles. The van der Waals surface area contributed by atoms with E-state index in [0.29, 0.717) is 42.3 Å². The van der Waals surface area contributed by atoms with E-state index < -0.39 is 0 Å². The van der Waals surface area contributed by atoms with Crippen LogP contribution in [0.5, 0.6) is 0 Å². The van der Waals surface area contributed by atoms with Crippen molar-refractivity contribution in [3.8, 4) is 10.4 Å². The highest BCUT2D eigenvalue weighted by atomic mass is 32.1. The molecule has 0 N–H and O–H groups in total. The Hall–Kier alpha value is -3.59. The summed E-state index contributed by atoms with van der Waals surface area (Å²) < 4.78 is 1.40. The number of thiophene rings is 1. The third-order valence-electron chi connectivity index (χ3n) is 5.35. The molecule has 5 rings (SSSR count). The van der Waals surface area contributed by atoms with Gasteiger partial charge in [0.15, 0.2) is 0 Å². The lowest BCUT2D eigenvalue weighted by atomic mass is 10.2. The van der Waals surface area contributed by atoms with Crippen molar-refractivity contribution < 1.29 is 4.79 Å². The summed E-state index contributed by atoms with van der Waals surface area (Å²) in [5.74, 6) is 0.586. The van der Waals surface area contributed by atoms with Gasteiger partial charge in [0.2, 0.25) is 11.9 Å². The first kappa shape index (κ1) is 19.4. The standard InChI is InChI=1S/C22H20N6O2S/c29-19(26-9-11-27(12-10-26)22-23-7-4-8-24-22)14-28-15-25-20-17(21(28)30)13-18(31-20)16-5-2-1-3-6-16/h1-8,13,15H,9-12,14H2. The smallest absolute Gasteiger partial charge is 0.262 e. The quantitative estimate of drug-likeness (QED) is 0.492.